The molecule has 1 aliphatic heterocycles. The van der Waals surface area contributed by atoms with Gasteiger partial charge < -0.3 is 10.1 Å². The Kier molecular flexibility index (Phi) is 4.42. The summed E-state index contributed by atoms with van der Waals surface area (Å²) in [7, 11) is 0. The van der Waals surface area contributed by atoms with Crippen molar-refractivity contribution in [2.75, 3.05) is 13.2 Å². The first-order valence-electron chi connectivity index (χ1n) is 7.76. The van der Waals surface area contributed by atoms with Crippen molar-refractivity contribution < 1.29 is 14.3 Å². The van der Waals surface area contributed by atoms with Gasteiger partial charge in [0.05, 0.1) is 12.2 Å². The Morgan fingerprint density at radius 1 is 1.09 bits per heavy atom. The second kappa shape index (κ2) is 6.65. The number of nitrogens with one attached hydrogen (secondary N) is 1. The zero-order valence-electron chi connectivity index (χ0n) is 13.0. The van der Waals surface area contributed by atoms with Crippen LogP contribution in [0.3, 0.4) is 0 Å². The van der Waals surface area contributed by atoms with E-state index in [1.54, 1.807) is 24.3 Å². The van der Waals surface area contributed by atoms with Crippen LogP contribution in [0, 0.1) is 0 Å². The summed E-state index contributed by atoms with van der Waals surface area (Å²) in [5.74, 6) is 0.808. The lowest BCUT2D eigenvalue weighted by Crippen LogP contribution is -2.31. The molecule has 0 spiro atoms. The zero-order chi connectivity index (χ0) is 16.2. The maximum Gasteiger partial charge on any atom is 0.252 e. The first-order chi connectivity index (χ1) is 11.2. The van der Waals surface area contributed by atoms with E-state index in [0.29, 0.717) is 24.3 Å². The molecule has 1 atom stereocenters. The van der Waals surface area contributed by atoms with Crippen LogP contribution in [0.2, 0.25) is 0 Å². The lowest BCUT2D eigenvalue weighted by molar-refractivity contribution is 0.0934. The molecule has 118 valence electrons. The van der Waals surface area contributed by atoms with Crippen molar-refractivity contribution in [2.24, 2.45) is 0 Å². The van der Waals surface area contributed by atoms with E-state index in [9.17, 15) is 9.59 Å². The second-order valence-electron chi connectivity index (χ2n) is 5.68. The van der Waals surface area contributed by atoms with Gasteiger partial charge in [-0.05, 0) is 31.0 Å². The molecule has 2 aromatic rings. The highest BCUT2D eigenvalue weighted by molar-refractivity contribution is 6.07. The third-order valence-electron chi connectivity index (χ3n) is 4.14. The van der Waals surface area contributed by atoms with Crippen molar-refractivity contribution in [1.29, 1.82) is 0 Å². The summed E-state index contributed by atoms with van der Waals surface area (Å²) >= 11 is 0. The minimum Gasteiger partial charge on any atom is -0.493 e. The molecule has 1 aliphatic rings. The van der Waals surface area contributed by atoms with Crippen molar-refractivity contribution in [3.8, 4) is 5.75 Å². The number of amides is 1. The minimum atomic E-state index is -0.209. The molecule has 1 N–H and O–H groups in total. The Balaban J connectivity index is 1.72. The van der Waals surface area contributed by atoms with Gasteiger partial charge in [-0.15, -0.1) is 0 Å². The number of carbonyl (C=O) groups is 2. The van der Waals surface area contributed by atoms with E-state index in [2.05, 4.69) is 5.32 Å². The summed E-state index contributed by atoms with van der Waals surface area (Å²) in [6.07, 6.45) is 0.867. The normalized spacial score (nSPS) is 16.1. The molecule has 0 aromatic heterocycles. The number of carbonyl (C=O) groups excluding carboxylic acids is 2. The van der Waals surface area contributed by atoms with E-state index < -0.39 is 0 Å². The smallest absolute Gasteiger partial charge is 0.252 e. The fourth-order valence-corrected chi connectivity index (χ4v) is 2.93. The van der Waals surface area contributed by atoms with Crippen LogP contribution >= 0.6 is 0 Å². The van der Waals surface area contributed by atoms with Gasteiger partial charge >= 0.3 is 0 Å². The first kappa shape index (κ1) is 15.3. The van der Waals surface area contributed by atoms with Gasteiger partial charge in [0.1, 0.15) is 5.75 Å². The maximum atomic E-state index is 12.4. The molecule has 0 saturated heterocycles. The monoisotopic (exact) mass is 309 g/mol. The molecule has 0 fully saturated rings. The molecule has 1 heterocycles. The van der Waals surface area contributed by atoms with Gasteiger partial charge in [0, 0.05) is 18.0 Å². The van der Waals surface area contributed by atoms with E-state index in [1.807, 2.05) is 24.3 Å². The summed E-state index contributed by atoms with van der Waals surface area (Å²) in [5, 5.41) is 2.96. The Hall–Kier alpha value is -2.62. The Labute approximate surface area is 135 Å². The topological polar surface area (TPSA) is 55.4 Å². The van der Waals surface area contributed by atoms with Crippen LogP contribution < -0.4 is 10.1 Å². The third-order valence-corrected chi connectivity index (χ3v) is 4.14. The van der Waals surface area contributed by atoms with Gasteiger partial charge in [-0.3, -0.25) is 9.59 Å². The molecule has 23 heavy (non-hydrogen) atoms. The molecule has 0 radical (unpaired) electrons. The van der Waals surface area contributed by atoms with Crippen LogP contribution in [-0.2, 0) is 0 Å². The van der Waals surface area contributed by atoms with E-state index in [1.165, 1.54) is 6.92 Å². The second-order valence-corrected chi connectivity index (χ2v) is 5.68. The van der Waals surface area contributed by atoms with Crippen LogP contribution in [0.15, 0.2) is 48.5 Å². The number of benzene rings is 2. The van der Waals surface area contributed by atoms with E-state index in [4.69, 9.17) is 4.74 Å². The lowest BCUT2D eigenvalue weighted by Gasteiger charge is -2.26. The summed E-state index contributed by atoms with van der Waals surface area (Å²) < 4.78 is 5.64. The van der Waals surface area contributed by atoms with E-state index in [0.717, 1.165) is 17.7 Å². The average molecular weight is 309 g/mol. The molecule has 0 aliphatic carbocycles. The fraction of sp³-hybridized carbons (Fsp3) is 0.263. The summed E-state index contributed by atoms with van der Waals surface area (Å²) in [5.41, 5.74) is 2.01. The quantitative estimate of drug-likeness (QED) is 0.883. The molecule has 0 saturated carbocycles. The van der Waals surface area contributed by atoms with Gasteiger partial charge in [0.15, 0.2) is 5.78 Å². The lowest BCUT2D eigenvalue weighted by atomic mass is 9.93. The average Bonchev–Trinajstić information content (AvgIpc) is 2.59. The molecule has 3 rings (SSSR count). The molecule has 0 unspecified atom stereocenters. The molecule has 4 heteroatoms. The van der Waals surface area contributed by atoms with Gasteiger partial charge in [0.25, 0.3) is 5.91 Å². The maximum absolute atomic E-state index is 12.4. The number of ether oxygens (including phenoxy) is 1. The fourth-order valence-electron chi connectivity index (χ4n) is 2.93. The highest BCUT2D eigenvalue weighted by Crippen LogP contribution is 2.32. The van der Waals surface area contributed by atoms with Crippen molar-refractivity contribution in [3.05, 3.63) is 65.2 Å². The van der Waals surface area contributed by atoms with Gasteiger partial charge in [-0.1, -0.05) is 36.4 Å². The first-order valence-corrected chi connectivity index (χ1v) is 7.76. The predicted octanol–water partition coefficient (Wildman–Crippen LogP) is 3.19. The SMILES string of the molecule is CC(=O)c1ccccc1C(=O)NC[C@@H]1CCOc2ccccc21. The molecule has 0 bridgehead atoms. The predicted molar refractivity (Wildman–Crippen MR) is 88.1 cm³/mol. The van der Waals surface area contributed by atoms with Crippen molar-refractivity contribution in [1.82, 2.24) is 5.32 Å². The molecule has 2 aromatic carbocycles. The van der Waals surface area contributed by atoms with Crippen molar-refractivity contribution >= 4 is 11.7 Å². The number of rotatable bonds is 4. The molecular formula is C19H19NO3. The van der Waals surface area contributed by atoms with Crippen LogP contribution in [0.4, 0.5) is 0 Å². The summed E-state index contributed by atoms with van der Waals surface area (Å²) in [6, 6.07) is 14.8. The Morgan fingerprint density at radius 3 is 2.57 bits per heavy atom. The summed E-state index contributed by atoms with van der Waals surface area (Å²) in [6.45, 7) is 2.66. The van der Waals surface area contributed by atoms with Gasteiger partial charge in [-0.2, -0.15) is 0 Å². The number of para-hydroxylation sites is 1. The zero-order valence-corrected chi connectivity index (χ0v) is 13.0. The van der Waals surface area contributed by atoms with E-state index in [-0.39, 0.29) is 17.6 Å². The van der Waals surface area contributed by atoms with Crippen LogP contribution in [0.25, 0.3) is 0 Å². The van der Waals surface area contributed by atoms with Crippen LogP contribution in [-0.4, -0.2) is 24.8 Å². The third kappa shape index (κ3) is 3.26. The largest absolute Gasteiger partial charge is 0.493 e. The number of hydrogen-bond acceptors (Lipinski definition) is 3. The highest BCUT2D eigenvalue weighted by Gasteiger charge is 2.22. The molecule has 1 amide bonds. The molecule has 4 nitrogen and oxygen atoms in total. The minimum absolute atomic E-state index is 0.104. The number of fused-ring (bicyclic) bond motifs is 1. The van der Waals surface area contributed by atoms with Gasteiger partial charge in [0.2, 0.25) is 0 Å². The molecular weight excluding hydrogens is 290 g/mol. The standard InChI is InChI=1S/C19H19NO3/c1-13(21)15-6-2-3-8-17(15)19(22)20-12-14-10-11-23-18-9-5-4-7-16(14)18/h2-9,14H,10-12H2,1H3,(H,20,22)/t14-/m0/s1. The number of Topliss-reactive ketones (excluding diaryl/α,β-unsaturated/α-hetero) is 1. The number of ketones is 1. The van der Waals surface area contributed by atoms with Crippen molar-refractivity contribution in [2.45, 2.75) is 19.3 Å². The Bertz CT molecular complexity index is 739. The summed E-state index contributed by atoms with van der Waals surface area (Å²) in [4.78, 5) is 24.1. The van der Waals surface area contributed by atoms with Gasteiger partial charge in [-0.25, -0.2) is 0 Å². The number of hydrogen-bond donors (Lipinski definition) is 1. The highest BCUT2D eigenvalue weighted by atomic mass is 16.5. The Morgan fingerprint density at radius 2 is 1.78 bits per heavy atom. The van der Waals surface area contributed by atoms with Crippen LogP contribution in [0.1, 0.15) is 45.5 Å². The van der Waals surface area contributed by atoms with Crippen LogP contribution in [0.5, 0.6) is 5.75 Å². The van der Waals surface area contributed by atoms with E-state index >= 15 is 0 Å². The van der Waals surface area contributed by atoms with Crippen molar-refractivity contribution in [3.63, 3.8) is 0 Å².